The lowest BCUT2D eigenvalue weighted by molar-refractivity contribution is 0.482. The van der Waals surface area contributed by atoms with Gasteiger partial charge in [0.05, 0.1) is 11.0 Å². The fraction of sp³-hybridized carbons (Fsp3) is 0.385. The van der Waals surface area contributed by atoms with E-state index in [2.05, 4.69) is 37.8 Å². The van der Waals surface area contributed by atoms with Gasteiger partial charge in [0.1, 0.15) is 0 Å². The summed E-state index contributed by atoms with van der Waals surface area (Å²) in [7, 11) is -3.96. The van der Waals surface area contributed by atoms with E-state index in [-0.39, 0.29) is 11.0 Å². The smallest absolute Gasteiger partial charge is 0.265 e. The van der Waals surface area contributed by atoms with Crippen molar-refractivity contribution in [3.63, 3.8) is 0 Å². The number of fused-ring (bicyclic) bond motifs is 1. The van der Waals surface area contributed by atoms with Crippen molar-refractivity contribution >= 4 is 34.5 Å². The third kappa shape index (κ3) is 4.27. The van der Waals surface area contributed by atoms with Crippen LogP contribution in [0.5, 0.6) is 0 Å². The summed E-state index contributed by atoms with van der Waals surface area (Å²) in [4.78, 5) is 1.11. The van der Waals surface area contributed by atoms with Gasteiger partial charge in [-0.15, -0.1) is 11.8 Å². The highest BCUT2D eigenvalue weighted by Crippen LogP contribution is 2.40. The van der Waals surface area contributed by atoms with Gasteiger partial charge in [0.15, 0.2) is 0 Å². The largest absolute Gasteiger partial charge is 0.286 e. The third-order valence-electron chi connectivity index (χ3n) is 2.93. The van der Waals surface area contributed by atoms with Crippen LogP contribution in [0.4, 0.5) is 0 Å². The Morgan fingerprint density at radius 3 is 2.89 bits per heavy atom. The Labute approximate surface area is 123 Å². The first kappa shape index (κ1) is 15.0. The maximum atomic E-state index is 10.8. The van der Waals surface area contributed by atoms with Crippen LogP contribution in [0.1, 0.15) is 13.3 Å². The van der Waals surface area contributed by atoms with Crippen LogP contribution in [0.25, 0.3) is 0 Å². The van der Waals surface area contributed by atoms with Gasteiger partial charge in [0.25, 0.3) is 10.1 Å². The fourth-order valence-electron chi connectivity index (χ4n) is 2.14. The molecule has 0 radical (unpaired) electrons. The second-order valence-corrected chi connectivity index (χ2v) is 8.13. The van der Waals surface area contributed by atoms with Gasteiger partial charge in [-0.3, -0.25) is 4.55 Å². The molecule has 1 N–H and O–H groups in total. The number of thiol groups is 1. The van der Waals surface area contributed by atoms with Crippen molar-refractivity contribution in [1.29, 1.82) is 0 Å². The van der Waals surface area contributed by atoms with Crippen molar-refractivity contribution in [2.75, 3.05) is 5.75 Å². The lowest BCUT2D eigenvalue weighted by atomic mass is 10.0. The van der Waals surface area contributed by atoms with Crippen LogP contribution in [0.3, 0.4) is 0 Å². The molecule has 104 valence electrons. The first-order valence-electron chi connectivity index (χ1n) is 5.91. The zero-order valence-electron chi connectivity index (χ0n) is 10.5. The molecular formula is C13H16O3S3. The summed E-state index contributed by atoms with van der Waals surface area (Å²) < 4.78 is 30.5. The third-order valence-corrected chi connectivity index (χ3v) is 5.62. The molecular weight excluding hydrogens is 300 g/mol. The van der Waals surface area contributed by atoms with Crippen molar-refractivity contribution in [1.82, 2.24) is 0 Å². The van der Waals surface area contributed by atoms with Crippen LogP contribution in [-0.2, 0) is 10.1 Å². The van der Waals surface area contributed by atoms with Crippen LogP contribution in [0.2, 0.25) is 0 Å². The van der Waals surface area contributed by atoms with Crippen LogP contribution >= 0.6 is 24.4 Å². The van der Waals surface area contributed by atoms with Crippen LogP contribution < -0.4 is 0 Å². The molecule has 0 bridgehead atoms. The Morgan fingerprint density at radius 2 is 2.21 bits per heavy atom. The molecule has 0 amide bonds. The number of rotatable bonds is 4. The van der Waals surface area contributed by atoms with Crippen molar-refractivity contribution in [2.24, 2.45) is 0 Å². The normalized spacial score (nSPS) is 24.2. The van der Waals surface area contributed by atoms with Gasteiger partial charge in [0, 0.05) is 5.25 Å². The predicted molar refractivity (Wildman–Crippen MR) is 84.2 cm³/mol. The van der Waals surface area contributed by atoms with Gasteiger partial charge in [0.2, 0.25) is 0 Å². The van der Waals surface area contributed by atoms with E-state index in [0.717, 1.165) is 4.91 Å². The van der Waals surface area contributed by atoms with Gasteiger partial charge >= 0.3 is 0 Å². The zero-order chi connectivity index (χ0) is 14.0. The van der Waals surface area contributed by atoms with Crippen molar-refractivity contribution in [2.45, 2.75) is 23.8 Å². The first-order chi connectivity index (χ1) is 8.85. The minimum absolute atomic E-state index is 0.302. The molecule has 0 fully saturated rings. The van der Waals surface area contributed by atoms with Crippen LogP contribution in [-0.4, -0.2) is 29.2 Å². The summed E-state index contributed by atoms with van der Waals surface area (Å²) in [5.74, 6) is -0.315. The summed E-state index contributed by atoms with van der Waals surface area (Å²) in [6.45, 7) is 2.06. The van der Waals surface area contributed by atoms with Gasteiger partial charge in [-0.1, -0.05) is 24.3 Å². The minimum Gasteiger partial charge on any atom is -0.286 e. The van der Waals surface area contributed by atoms with E-state index >= 15 is 0 Å². The van der Waals surface area contributed by atoms with Crippen molar-refractivity contribution < 1.29 is 13.0 Å². The monoisotopic (exact) mass is 316 g/mol. The Morgan fingerprint density at radius 1 is 1.47 bits per heavy atom. The highest BCUT2D eigenvalue weighted by Gasteiger charge is 2.23. The molecule has 2 aliphatic rings. The second-order valence-electron chi connectivity index (χ2n) is 4.64. The van der Waals surface area contributed by atoms with E-state index in [9.17, 15) is 8.42 Å². The lowest BCUT2D eigenvalue weighted by Gasteiger charge is -2.25. The van der Waals surface area contributed by atoms with E-state index in [4.69, 9.17) is 4.55 Å². The van der Waals surface area contributed by atoms with E-state index in [0.29, 0.717) is 11.7 Å². The molecule has 2 atom stereocenters. The van der Waals surface area contributed by atoms with E-state index < -0.39 is 10.1 Å². The average molecular weight is 316 g/mol. The number of thioether (sulfide) groups is 1. The van der Waals surface area contributed by atoms with E-state index in [1.165, 1.54) is 11.1 Å². The van der Waals surface area contributed by atoms with Crippen LogP contribution in [0, 0.1) is 0 Å². The first-order valence-corrected chi connectivity index (χ1v) is 8.92. The molecule has 2 rings (SSSR count). The Hall–Kier alpha value is -0.430. The number of hydrogen-bond donors (Lipinski definition) is 2. The standard InChI is InChI=1S/C13H16O3S3/c1-9-6-11(7-10(17)8-19(14,15)16)18-13-5-3-2-4-12(9)13/h2-6,10,13,17H,7-8H2,1H3,(H,14,15,16). The molecule has 1 aliphatic heterocycles. The summed E-state index contributed by atoms with van der Waals surface area (Å²) in [6, 6.07) is 0. The molecule has 0 aromatic carbocycles. The molecule has 2 unspecified atom stereocenters. The minimum atomic E-state index is -3.96. The maximum Gasteiger partial charge on any atom is 0.265 e. The average Bonchev–Trinajstić information content (AvgIpc) is 2.26. The second kappa shape index (κ2) is 5.91. The molecule has 1 heterocycles. The quantitative estimate of drug-likeness (QED) is 0.618. The molecule has 0 aromatic heterocycles. The van der Waals surface area contributed by atoms with Crippen molar-refractivity contribution in [3.8, 4) is 0 Å². The van der Waals surface area contributed by atoms with Gasteiger partial charge in [-0.2, -0.15) is 21.0 Å². The Kier molecular flexibility index (Phi) is 4.66. The molecule has 0 spiro atoms. The number of allylic oxidation sites excluding steroid dienone is 6. The molecule has 6 heteroatoms. The highest BCUT2D eigenvalue weighted by molar-refractivity contribution is 8.04. The Balaban J connectivity index is 2.09. The molecule has 0 aromatic rings. The van der Waals surface area contributed by atoms with Gasteiger partial charge < -0.3 is 0 Å². The molecule has 3 nitrogen and oxygen atoms in total. The van der Waals surface area contributed by atoms with Gasteiger partial charge in [-0.05, 0) is 35.5 Å². The molecule has 0 saturated heterocycles. The zero-order valence-corrected chi connectivity index (χ0v) is 13.0. The lowest BCUT2D eigenvalue weighted by Crippen LogP contribution is -2.17. The summed E-state index contributed by atoms with van der Waals surface area (Å²) in [5, 5.41) is -0.0810. The predicted octanol–water partition coefficient (Wildman–Crippen LogP) is 3.00. The molecule has 19 heavy (non-hydrogen) atoms. The topological polar surface area (TPSA) is 54.4 Å². The fourth-order valence-corrected chi connectivity index (χ4v) is 5.06. The van der Waals surface area contributed by atoms with Crippen molar-refractivity contribution in [3.05, 3.63) is 46.4 Å². The summed E-state index contributed by atoms with van der Waals surface area (Å²) in [6.07, 6.45) is 10.9. The summed E-state index contributed by atoms with van der Waals surface area (Å²) in [5.41, 5.74) is 2.49. The van der Waals surface area contributed by atoms with Gasteiger partial charge in [-0.25, -0.2) is 0 Å². The van der Waals surface area contributed by atoms with E-state index in [1.807, 2.05) is 12.2 Å². The number of hydrogen-bond acceptors (Lipinski definition) is 4. The highest BCUT2D eigenvalue weighted by atomic mass is 32.2. The summed E-state index contributed by atoms with van der Waals surface area (Å²) >= 11 is 5.95. The molecule has 1 aliphatic carbocycles. The van der Waals surface area contributed by atoms with E-state index in [1.54, 1.807) is 11.8 Å². The SMILES string of the molecule is CC1=C2C=CC=CC2SC(CC(S)CS(=O)(=O)O)=C1. The maximum absolute atomic E-state index is 10.8. The molecule has 0 saturated carbocycles. The van der Waals surface area contributed by atoms with Crippen LogP contribution in [0.15, 0.2) is 46.4 Å². The Bertz CT molecular complexity index is 582.